The van der Waals surface area contributed by atoms with Gasteiger partial charge < -0.3 is 18.6 Å². The van der Waals surface area contributed by atoms with Gasteiger partial charge in [0.05, 0.1) is 17.6 Å². The van der Waals surface area contributed by atoms with Crippen molar-refractivity contribution in [3.63, 3.8) is 0 Å². The standard InChI is InChI=1S/C25H20O6/c1-3-28-20-10-6-7-11-21(20)31-23-15-29-22-14-17(12-13-19(22)24(23)26)30-25(27)18-9-5-4-8-16(18)2/h4-15H,3H2,1-2H3. The molecule has 0 fully saturated rings. The first kappa shape index (κ1) is 20.2. The first-order valence-corrected chi connectivity index (χ1v) is 9.80. The molecule has 4 rings (SSSR count). The van der Waals surface area contributed by atoms with Crippen molar-refractivity contribution in [3.05, 3.63) is 94.3 Å². The fraction of sp³-hybridized carbons (Fsp3) is 0.120. The molecular weight excluding hydrogens is 396 g/mol. The molecule has 4 aromatic rings. The summed E-state index contributed by atoms with van der Waals surface area (Å²) in [6.45, 7) is 4.17. The molecule has 0 atom stereocenters. The Morgan fingerprint density at radius 3 is 2.45 bits per heavy atom. The third-order valence-corrected chi connectivity index (χ3v) is 4.66. The van der Waals surface area contributed by atoms with E-state index >= 15 is 0 Å². The zero-order chi connectivity index (χ0) is 21.8. The lowest BCUT2D eigenvalue weighted by atomic mass is 10.1. The average Bonchev–Trinajstić information content (AvgIpc) is 2.77. The van der Waals surface area contributed by atoms with Crippen LogP contribution in [-0.2, 0) is 0 Å². The molecule has 3 aromatic carbocycles. The Labute approximate surface area is 178 Å². The van der Waals surface area contributed by atoms with Crippen LogP contribution in [-0.4, -0.2) is 12.6 Å². The molecule has 0 radical (unpaired) electrons. The van der Waals surface area contributed by atoms with E-state index < -0.39 is 5.97 Å². The number of esters is 1. The van der Waals surface area contributed by atoms with Crippen LogP contribution in [0.3, 0.4) is 0 Å². The molecule has 156 valence electrons. The Morgan fingerprint density at radius 2 is 1.68 bits per heavy atom. The molecule has 0 unspecified atom stereocenters. The van der Waals surface area contributed by atoms with Crippen molar-refractivity contribution in [2.24, 2.45) is 0 Å². The van der Waals surface area contributed by atoms with Crippen molar-refractivity contribution in [2.75, 3.05) is 6.61 Å². The predicted octanol–water partition coefficient (Wildman–Crippen LogP) is 5.51. The Bertz CT molecular complexity index is 1300. The van der Waals surface area contributed by atoms with Crippen LogP contribution in [0.25, 0.3) is 11.0 Å². The van der Waals surface area contributed by atoms with E-state index in [1.54, 1.807) is 42.5 Å². The Balaban J connectivity index is 1.61. The molecule has 1 aromatic heterocycles. The van der Waals surface area contributed by atoms with E-state index in [9.17, 15) is 9.59 Å². The third kappa shape index (κ3) is 4.28. The van der Waals surface area contributed by atoms with E-state index in [0.29, 0.717) is 29.1 Å². The zero-order valence-electron chi connectivity index (χ0n) is 17.1. The minimum absolute atomic E-state index is 0.0318. The van der Waals surface area contributed by atoms with Gasteiger partial charge in [-0.25, -0.2) is 4.79 Å². The summed E-state index contributed by atoms with van der Waals surface area (Å²) >= 11 is 0. The van der Waals surface area contributed by atoms with Crippen LogP contribution in [0, 0.1) is 6.92 Å². The van der Waals surface area contributed by atoms with Gasteiger partial charge in [0.15, 0.2) is 11.5 Å². The summed E-state index contributed by atoms with van der Waals surface area (Å²) in [6, 6.07) is 18.8. The van der Waals surface area contributed by atoms with Crippen LogP contribution in [0.15, 0.2) is 82.2 Å². The lowest BCUT2D eigenvalue weighted by Crippen LogP contribution is -2.10. The molecule has 6 nitrogen and oxygen atoms in total. The number of aryl methyl sites for hydroxylation is 1. The maximum atomic E-state index is 12.9. The van der Waals surface area contributed by atoms with E-state index in [0.717, 1.165) is 5.56 Å². The highest BCUT2D eigenvalue weighted by atomic mass is 16.5. The minimum Gasteiger partial charge on any atom is -0.490 e. The number of fused-ring (bicyclic) bond motifs is 1. The van der Waals surface area contributed by atoms with Gasteiger partial charge in [0, 0.05) is 6.07 Å². The SMILES string of the molecule is CCOc1ccccc1Oc1coc2cc(OC(=O)c3ccccc3C)ccc2c1=O. The molecule has 0 N–H and O–H groups in total. The Kier molecular flexibility index (Phi) is 5.71. The lowest BCUT2D eigenvalue weighted by Gasteiger charge is -2.11. The molecule has 1 heterocycles. The van der Waals surface area contributed by atoms with Gasteiger partial charge in [-0.05, 0) is 49.7 Å². The summed E-state index contributed by atoms with van der Waals surface area (Å²) < 4.78 is 22.3. The van der Waals surface area contributed by atoms with Crippen LogP contribution in [0.2, 0.25) is 0 Å². The number of rotatable bonds is 6. The second-order valence-electron chi connectivity index (χ2n) is 6.77. The van der Waals surface area contributed by atoms with Crippen LogP contribution in [0.4, 0.5) is 0 Å². The highest BCUT2D eigenvalue weighted by Crippen LogP contribution is 2.31. The summed E-state index contributed by atoms with van der Waals surface area (Å²) in [6.07, 6.45) is 1.24. The number of carbonyl (C=O) groups excluding carboxylic acids is 1. The maximum Gasteiger partial charge on any atom is 0.343 e. The van der Waals surface area contributed by atoms with Gasteiger partial charge in [-0.1, -0.05) is 30.3 Å². The summed E-state index contributed by atoms with van der Waals surface area (Å²) in [5, 5.41) is 0.307. The molecule has 0 aliphatic heterocycles. The van der Waals surface area contributed by atoms with Crippen molar-refractivity contribution >= 4 is 16.9 Å². The van der Waals surface area contributed by atoms with Crippen LogP contribution in [0.5, 0.6) is 23.0 Å². The van der Waals surface area contributed by atoms with Gasteiger partial charge in [-0.15, -0.1) is 0 Å². The summed E-state index contributed by atoms with van der Waals surface area (Å²) in [5.74, 6) is 0.776. The predicted molar refractivity (Wildman–Crippen MR) is 116 cm³/mol. The van der Waals surface area contributed by atoms with E-state index in [-0.39, 0.29) is 22.5 Å². The van der Waals surface area contributed by atoms with Gasteiger partial charge in [-0.3, -0.25) is 4.79 Å². The second-order valence-corrected chi connectivity index (χ2v) is 6.77. The van der Waals surface area contributed by atoms with Crippen molar-refractivity contribution in [3.8, 4) is 23.0 Å². The molecule has 0 spiro atoms. The first-order chi connectivity index (χ1) is 15.1. The molecule has 6 heteroatoms. The number of hydrogen-bond acceptors (Lipinski definition) is 6. The fourth-order valence-corrected chi connectivity index (χ4v) is 3.12. The van der Waals surface area contributed by atoms with E-state index in [1.165, 1.54) is 12.3 Å². The van der Waals surface area contributed by atoms with Crippen molar-refractivity contribution < 1.29 is 23.4 Å². The molecule has 31 heavy (non-hydrogen) atoms. The van der Waals surface area contributed by atoms with Crippen molar-refractivity contribution in [2.45, 2.75) is 13.8 Å². The first-order valence-electron chi connectivity index (χ1n) is 9.80. The van der Waals surface area contributed by atoms with Crippen LogP contribution in [0.1, 0.15) is 22.8 Å². The Morgan fingerprint density at radius 1 is 0.935 bits per heavy atom. The highest BCUT2D eigenvalue weighted by Gasteiger charge is 2.15. The van der Waals surface area contributed by atoms with E-state index in [4.69, 9.17) is 18.6 Å². The molecule has 0 bridgehead atoms. The quantitative estimate of drug-likeness (QED) is 0.305. The number of para-hydroxylation sites is 2. The summed E-state index contributed by atoms with van der Waals surface area (Å²) in [7, 11) is 0. The number of ether oxygens (including phenoxy) is 3. The molecule has 0 amide bonds. The molecule has 0 aliphatic carbocycles. The normalized spacial score (nSPS) is 10.6. The van der Waals surface area contributed by atoms with E-state index in [2.05, 4.69) is 0 Å². The summed E-state index contributed by atoms with van der Waals surface area (Å²) in [5.41, 5.74) is 1.23. The largest absolute Gasteiger partial charge is 0.490 e. The topological polar surface area (TPSA) is 75.0 Å². The number of carbonyl (C=O) groups is 1. The van der Waals surface area contributed by atoms with Crippen molar-refractivity contribution in [1.82, 2.24) is 0 Å². The highest BCUT2D eigenvalue weighted by molar-refractivity contribution is 5.93. The van der Waals surface area contributed by atoms with Crippen molar-refractivity contribution in [1.29, 1.82) is 0 Å². The second kappa shape index (κ2) is 8.75. The van der Waals surface area contributed by atoms with Gasteiger partial charge in [-0.2, -0.15) is 0 Å². The number of hydrogen-bond donors (Lipinski definition) is 0. The van der Waals surface area contributed by atoms with Gasteiger partial charge in [0.25, 0.3) is 0 Å². The van der Waals surface area contributed by atoms with Crippen LogP contribution >= 0.6 is 0 Å². The molecule has 0 aliphatic rings. The smallest absolute Gasteiger partial charge is 0.343 e. The number of benzene rings is 3. The monoisotopic (exact) mass is 416 g/mol. The maximum absolute atomic E-state index is 12.9. The van der Waals surface area contributed by atoms with Gasteiger partial charge >= 0.3 is 5.97 Å². The Hall–Kier alpha value is -4.06. The third-order valence-electron chi connectivity index (χ3n) is 4.66. The van der Waals surface area contributed by atoms with E-state index in [1.807, 2.05) is 32.0 Å². The minimum atomic E-state index is -0.479. The average molecular weight is 416 g/mol. The van der Waals surface area contributed by atoms with Gasteiger partial charge in [0.1, 0.15) is 17.6 Å². The van der Waals surface area contributed by atoms with Crippen LogP contribution < -0.4 is 19.6 Å². The zero-order valence-corrected chi connectivity index (χ0v) is 17.1. The van der Waals surface area contributed by atoms with Gasteiger partial charge in [0.2, 0.25) is 11.2 Å². The molecular formula is C25H20O6. The fourth-order valence-electron chi connectivity index (χ4n) is 3.12. The lowest BCUT2D eigenvalue weighted by molar-refractivity contribution is 0.0734. The molecule has 0 saturated carbocycles. The molecule has 0 saturated heterocycles. The summed E-state index contributed by atoms with van der Waals surface area (Å²) in [4.78, 5) is 25.3.